The maximum Gasteiger partial charge on any atom is 0.273 e. The van der Waals surface area contributed by atoms with Crippen molar-refractivity contribution in [2.75, 3.05) is 11.5 Å². The second-order valence-electron chi connectivity index (χ2n) is 6.90. The van der Waals surface area contributed by atoms with E-state index in [1.165, 1.54) is 22.7 Å². The minimum atomic E-state index is -0.422. The highest BCUT2D eigenvalue weighted by Gasteiger charge is 2.33. The molecule has 7 nitrogen and oxygen atoms in total. The van der Waals surface area contributed by atoms with Gasteiger partial charge in [-0.15, -0.1) is 0 Å². The molecule has 0 bridgehead atoms. The van der Waals surface area contributed by atoms with Crippen LogP contribution in [0.5, 0.6) is 5.75 Å². The maximum absolute atomic E-state index is 13.0. The highest BCUT2D eigenvalue weighted by molar-refractivity contribution is 8.27. The van der Waals surface area contributed by atoms with Crippen LogP contribution in [0.2, 0.25) is 0 Å². The van der Waals surface area contributed by atoms with E-state index >= 15 is 0 Å². The van der Waals surface area contributed by atoms with Crippen molar-refractivity contribution < 1.29 is 18.9 Å². The van der Waals surface area contributed by atoms with Gasteiger partial charge in [0.1, 0.15) is 17.3 Å². The molecular weight excluding hydrogens is 448 g/mol. The topological polar surface area (TPSA) is 85.8 Å². The van der Waals surface area contributed by atoms with Gasteiger partial charge in [0.2, 0.25) is 0 Å². The Morgan fingerprint density at radius 1 is 1.19 bits per heavy atom. The predicted molar refractivity (Wildman–Crippen MR) is 129 cm³/mol. The fourth-order valence-corrected chi connectivity index (χ4v) is 4.50. The second-order valence-corrected chi connectivity index (χ2v) is 8.58. The van der Waals surface area contributed by atoms with Gasteiger partial charge in [0.25, 0.3) is 11.6 Å². The minimum Gasteiger partial charge on any atom is -0.494 e. The number of ether oxygens (including phenoxy) is 1. The summed E-state index contributed by atoms with van der Waals surface area (Å²) in [4.78, 5) is 25.7. The zero-order valence-corrected chi connectivity index (χ0v) is 18.9. The van der Waals surface area contributed by atoms with Crippen molar-refractivity contribution in [1.82, 2.24) is 0 Å². The molecule has 0 spiro atoms. The van der Waals surface area contributed by atoms with E-state index in [0.717, 1.165) is 5.75 Å². The molecule has 1 aliphatic heterocycles. The number of nitro benzene ring substituents is 1. The van der Waals surface area contributed by atoms with Gasteiger partial charge in [0.15, 0.2) is 4.32 Å². The highest BCUT2D eigenvalue weighted by Crippen LogP contribution is 2.37. The number of thioether (sulfide) groups is 1. The summed E-state index contributed by atoms with van der Waals surface area (Å²) < 4.78 is 11.7. The van der Waals surface area contributed by atoms with Gasteiger partial charge in [0, 0.05) is 23.3 Å². The Bertz CT molecular complexity index is 1250. The van der Waals surface area contributed by atoms with Crippen molar-refractivity contribution in [3.63, 3.8) is 0 Å². The predicted octanol–water partition coefficient (Wildman–Crippen LogP) is 5.97. The number of furan rings is 1. The van der Waals surface area contributed by atoms with Crippen molar-refractivity contribution in [1.29, 1.82) is 0 Å². The Morgan fingerprint density at radius 3 is 2.62 bits per heavy atom. The number of thiocarbonyl (C=S) groups is 1. The van der Waals surface area contributed by atoms with Crippen LogP contribution in [0.4, 0.5) is 11.4 Å². The third kappa shape index (κ3) is 4.30. The van der Waals surface area contributed by atoms with Gasteiger partial charge in [-0.1, -0.05) is 36.1 Å². The molecule has 0 atom stereocenters. The third-order valence-electron chi connectivity index (χ3n) is 4.79. The molecule has 0 radical (unpaired) electrons. The summed E-state index contributed by atoms with van der Waals surface area (Å²) in [6.45, 7) is 4.15. The molecule has 4 rings (SSSR count). The van der Waals surface area contributed by atoms with Crippen molar-refractivity contribution in [3.8, 4) is 17.1 Å². The fourth-order valence-electron chi connectivity index (χ4n) is 3.22. The third-order valence-corrected chi connectivity index (χ3v) is 6.09. The fraction of sp³-hybridized carbons (Fsp3) is 0.130. The van der Waals surface area contributed by atoms with Crippen LogP contribution in [-0.4, -0.2) is 21.8 Å². The zero-order valence-electron chi connectivity index (χ0n) is 17.2. The molecular formula is C23H18N2O5S2. The van der Waals surface area contributed by atoms with Gasteiger partial charge < -0.3 is 9.15 Å². The second kappa shape index (κ2) is 8.97. The first kappa shape index (κ1) is 21.8. The Balaban J connectivity index is 1.57. The summed E-state index contributed by atoms with van der Waals surface area (Å²) in [6, 6.07) is 15.5. The number of rotatable bonds is 6. The molecule has 1 aliphatic rings. The van der Waals surface area contributed by atoms with Gasteiger partial charge >= 0.3 is 0 Å². The molecule has 0 saturated carbocycles. The van der Waals surface area contributed by atoms with Crippen LogP contribution in [0.15, 0.2) is 63.9 Å². The van der Waals surface area contributed by atoms with Crippen LogP contribution < -0.4 is 9.64 Å². The first-order valence-electron chi connectivity index (χ1n) is 9.73. The van der Waals surface area contributed by atoms with Crippen LogP contribution in [0.1, 0.15) is 18.2 Å². The molecule has 0 unspecified atom stereocenters. The Kier molecular flexibility index (Phi) is 6.11. The van der Waals surface area contributed by atoms with E-state index < -0.39 is 4.92 Å². The molecule has 1 amide bonds. The monoisotopic (exact) mass is 466 g/mol. The van der Waals surface area contributed by atoms with Gasteiger partial charge in [0.05, 0.1) is 22.1 Å². The van der Waals surface area contributed by atoms with E-state index in [1.54, 1.807) is 61.5 Å². The molecule has 9 heteroatoms. The van der Waals surface area contributed by atoms with Gasteiger partial charge in [-0.05, 0) is 50.2 Å². The molecule has 162 valence electrons. The average Bonchev–Trinajstić information content (AvgIpc) is 3.34. The summed E-state index contributed by atoms with van der Waals surface area (Å²) in [5.41, 5.74) is 1.84. The van der Waals surface area contributed by atoms with E-state index in [9.17, 15) is 14.9 Å². The Hall–Kier alpha value is -3.43. The van der Waals surface area contributed by atoms with Crippen molar-refractivity contribution in [2.45, 2.75) is 13.8 Å². The lowest BCUT2D eigenvalue weighted by Crippen LogP contribution is -2.27. The van der Waals surface area contributed by atoms with Crippen LogP contribution in [0.25, 0.3) is 17.4 Å². The van der Waals surface area contributed by atoms with Crippen molar-refractivity contribution in [2.24, 2.45) is 0 Å². The van der Waals surface area contributed by atoms with Crippen molar-refractivity contribution in [3.05, 3.63) is 80.9 Å². The number of aryl methyl sites for hydroxylation is 1. The first-order chi connectivity index (χ1) is 15.4. The van der Waals surface area contributed by atoms with Gasteiger partial charge in [-0.25, -0.2) is 0 Å². The van der Waals surface area contributed by atoms with Crippen LogP contribution in [0.3, 0.4) is 0 Å². The SMILES string of the molecule is CCOc1ccc(N2C(=O)/C(=C\c3ccc(-c4ccc(C)c([N+](=O)[O-])c4)o3)SC2=S)cc1. The van der Waals surface area contributed by atoms with E-state index in [1.807, 2.05) is 6.92 Å². The number of hydrogen-bond donors (Lipinski definition) is 0. The van der Waals surface area contributed by atoms with E-state index in [0.29, 0.717) is 44.2 Å². The summed E-state index contributed by atoms with van der Waals surface area (Å²) in [7, 11) is 0. The molecule has 0 aliphatic carbocycles. The molecule has 3 aromatic rings. The Labute approximate surface area is 193 Å². The molecule has 1 aromatic heterocycles. The molecule has 1 fully saturated rings. The Morgan fingerprint density at radius 2 is 1.94 bits per heavy atom. The summed E-state index contributed by atoms with van der Waals surface area (Å²) in [5, 5.41) is 11.2. The molecule has 0 N–H and O–H groups in total. The normalized spacial score (nSPS) is 14.9. The number of nitro groups is 1. The van der Waals surface area contributed by atoms with Crippen LogP contribution >= 0.6 is 24.0 Å². The molecule has 2 aromatic carbocycles. The van der Waals surface area contributed by atoms with Gasteiger partial charge in [-0.3, -0.25) is 19.8 Å². The van der Waals surface area contributed by atoms with Crippen LogP contribution in [-0.2, 0) is 4.79 Å². The van der Waals surface area contributed by atoms with E-state index in [4.69, 9.17) is 21.4 Å². The minimum absolute atomic E-state index is 0.0247. The van der Waals surface area contributed by atoms with E-state index in [2.05, 4.69) is 0 Å². The standard InChI is InChI=1S/C23H18N2O5S2/c1-3-29-17-8-6-16(7-9-17)24-22(26)21(32-23(24)31)13-18-10-11-20(30-18)15-5-4-14(2)19(12-15)25(27)28/h4-13H,3H2,1-2H3/b21-13+. The lowest BCUT2D eigenvalue weighted by Gasteiger charge is -2.15. The number of benzene rings is 2. The van der Waals surface area contributed by atoms with Crippen LogP contribution in [0, 0.1) is 17.0 Å². The number of amides is 1. The lowest BCUT2D eigenvalue weighted by atomic mass is 10.1. The summed E-state index contributed by atoms with van der Waals surface area (Å²) in [5.74, 6) is 1.40. The zero-order chi connectivity index (χ0) is 22.8. The molecule has 1 saturated heterocycles. The molecule has 2 heterocycles. The largest absolute Gasteiger partial charge is 0.494 e. The number of nitrogens with zero attached hydrogens (tertiary/aromatic N) is 2. The van der Waals surface area contributed by atoms with Crippen molar-refractivity contribution >= 4 is 51.7 Å². The smallest absolute Gasteiger partial charge is 0.273 e. The van der Waals surface area contributed by atoms with Gasteiger partial charge in [-0.2, -0.15) is 0 Å². The number of hydrogen-bond acceptors (Lipinski definition) is 7. The number of carbonyl (C=O) groups is 1. The summed E-state index contributed by atoms with van der Waals surface area (Å²) >= 11 is 6.60. The van der Waals surface area contributed by atoms with E-state index in [-0.39, 0.29) is 11.6 Å². The average molecular weight is 467 g/mol. The lowest BCUT2D eigenvalue weighted by molar-refractivity contribution is -0.385. The maximum atomic E-state index is 13.0. The summed E-state index contributed by atoms with van der Waals surface area (Å²) in [6.07, 6.45) is 1.62. The number of anilines is 1. The first-order valence-corrected chi connectivity index (χ1v) is 11.0. The molecule has 32 heavy (non-hydrogen) atoms. The number of carbonyl (C=O) groups excluding carboxylic acids is 1. The quantitative estimate of drug-likeness (QED) is 0.191. The highest BCUT2D eigenvalue weighted by atomic mass is 32.2.